The van der Waals surface area contributed by atoms with E-state index >= 15 is 0 Å². The summed E-state index contributed by atoms with van der Waals surface area (Å²) in [7, 11) is 0. The van der Waals surface area contributed by atoms with E-state index in [0.717, 1.165) is 20.8 Å². The van der Waals surface area contributed by atoms with Gasteiger partial charge in [0.1, 0.15) is 0 Å². The maximum absolute atomic E-state index is 8.89. The Morgan fingerprint density at radius 1 is 1.36 bits per heavy atom. The first kappa shape index (κ1) is 11.1. The molecule has 0 bridgehead atoms. The zero-order chi connectivity index (χ0) is 10.6. The van der Waals surface area contributed by atoms with Crippen LogP contribution in [0.5, 0.6) is 0 Å². The van der Waals surface area contributed by atoms with E-state index < -0.39 is 0 Å². The Labute approximate surface area is 88.2 Å². The Morgan fingerprint density at radius 2 is 2.07 bits per heavy atom. The molecule has 1 aromatic carbocycles. The number of aromatic nitrogens is 1. The Hall–Kier alpha value is -0.930. The first-order valence-corrected chi connectivity index (χ1v) is 5.58. The molecule has 2 rings (SSSR count). The van der Waals surface area contributed by atoms with Crippen molar-refractivity contribution in [3.8, 4) is 0 Å². The SMILES string of the molecule is CC.Cc1nc2ccc(CO)cc2s1. The lowest BCUT2D eigenvalue weighted by Crippen LogP contribution is -1.80. The second kappa shape index (κ2) is 5.08. The number of thiazole rings is 1. The van der Waals surface area contributed by atoms with E-state index in [0.29, 0.717) is 0 Å². The van der Waals surface area contributed by atoms with Gasteiger partial charge in [0.15, 0.2) is 0 Å². The molecule has 76 valence electrons. The summed E-state index contributed by atoms with van der Waals surface area (Å²) in [4.78, 5) is 4.33. The second-order valence-corrected chi connectivity index (χ2v) is 3.93. The highest BCUT2D eigenvalue weighted by Gasteiger charge is 1.99. The molecule has 0 aliphatic carbocycles. The molecule has 1 aromatic heterocycles. The van der Waals surface area contributed by atoms with Crippen molar-refractivity contribution in [2.45, 2.75) is 27.4 Å². The van der Waals surface area contributed by atoms with Crippen LogP contribution in [0.25, 0.3) is 10.2 Å². The van der Waals surface area contributed by atoms with Crippen LogP contribution in [0, 0.1) is 6.92 Å². The molecule has 0 spiro atoms. The predicted octanol–water partition coefficient (Wildman–Crippen LogP) is 3.12. The van der Waals surface area contributed by atoms with Gasteiger partial charge in [0.2, 0.25) is 0 Å². The minimum atomic E-state index is 0.104. The Bertz CT molecular complexity index is 409. The minimum Gasteiger partial charge on any atom is -0.392 e. The maximum Gasteiger partial charge on any atom is 0.0907 e. The van der Waals surface area contributed by atoms with Gasteiger partial charge in [0, 0.05) is 0 Å². The maximum atomic E-state index is 8.89. The molecule has 0 aliphatic heterocycles. The smallest absolute Gasteiger partial charge is 0.0907 e. The summed E-state index contributed by atoms with van der Waals surface area (Å²) in [6.07, 6.45) is 0. The molecule has 0 atom stereocenters. The van der Waals surface area contributed by atoms with E-state index in [1.54, 1.807) is 11.3 Å². The normalized spacial score (nSPS) is 9.71. The van der Waals surface area contributed by atoms with Gasteiger partial charge >= 0.3 is 0 Å². The molecule has 2 nitrogen and oxygen atoms in total. The molecular weight excluding hydrogens is 194 g/mol. The van der Waals surface area contributed by atoms with Gasteiger partial charge in [0.05, 0.1) is 21.8 Å². The molecular formula is C11H15NOS. The van der Waals surface area contributed by atoms with Gasteiger partial charge in [-0.15, -0.1) is 11.3 Å². The summed E-state index contributed by atoms with van der Waals surface area (Å²) < 4.78 is 1.15. The highest BCUT2D eigenvalue weighted by Crippen LogP contribution is 2.22. The van der Waals surface area contributed by atoms with E-state index in [9.17, 15) is 0 Å². The predicted molar refractivity (Wildman–Crippen MR) is 61.6 cm³/mol. The van der Waals surface area contributed by atoms with Crippen LogP contribution in [0.4, 0.5) is 0 Å². The summed E-state index contributed by atoms with van der Waals surface area (Å²) in [5, 5.41) is 9.96. The van der Waals surface area contributed by atoms with Crippen LogP contribution in [0.15, 0.2) is 18.2 Å². The van der Waals surface area contributed by atoms with Gasteiger partial charge in [-0.3, -0.25) is 0 Å². The van der Waals surface area contributed by atoms with Crippen molar-refractivity contribution in [2.24, 2.45) is 0 Å². The van der Waals surface area contributed by atoms with Crippen molar-refractivity contribution >= 4 is 21.6 Å². The van der Waals surface area contributed by atoms with Crippen molar-refractivity contribution in [1.82, 2.24) is 4.98 Å². The highest BCUT2D eigenvalue weighted by molar-refractivity contribution is 7.18. The van der Waals surface area contributed by atoms with Crippen LogP contribution in [-0.4, -0.2) is 10.1 Å². The molecule has 0 amide bonds. The molecule has 0 fully saturated rings. The third-order valence-corrected chi connectivity index (χ3v) is 2.68. The molecule has 0 saturated heterocycles. The average molecular weight is 209 g/mol. The standard InChI is InChI=1S/C9H9NOS.C2H6/c1-6-10-8-3-2-7(5-11)4-9(8)12-6;1-2/h2-4,11H,5H2,1H3;1-2H3. The molecule has 2 aromatic rings. The van der Waals surface area contributed by atoms with Gasteiger partial charge in [0.25, 0.3) is 0 Å². The molecule has 0 aliphatic rings. The molecule has 1 N–H and O–H groups in total. The van der Waals surface area contributed by atoms with E-state index in [-0.39, 0.29) is 6.61 Å². The van der Waals surface area contributed by atoms with Crippen LogP contribution in [-0.2, 0) is 6.61 Å². The average Bonchev–Trinajstić information content (AvgIpc) is 2.59. The Kier molecular flexibility index (Phi) is 4.04. The van der Waals surface area contributed by atoms with Crippen molar-refractivity contribution < 1.29 is 5.11 Å². The fraction of sp³-hybridized carbons (Fsp3) is 0.364. The lowest BCUT2D eigenvalue weighted by molar-refractivity contribution is 0.282. The highest BCUT2D eigenvalue weighted by atomic mass is 32.1. The molecule has 0 saturated carbocycles. The number of aryl methyl sites for hydroxylation is 1. The summed E-state index contributed by atoms with van der Waals surface area (Å²) >= 11 is 1.66. The lowest BCUT2D eigenvalue weighted by atomic mass is 10.2. The number of benzene rings is 1. The quantitative estimate of drug-likeness (QED) is 0.782. The van der Waals surface area contributed by atoms with Crippen molar-refractivity contribution in [1.29, 1.82) is 0 Å². The number of hydrogen-bond acceptors (Lipinski definition) is 3. The minimum absolute atomic E-state index is 0.104. The van der Waals surface area contributed by atoms with Crippen LogP contribution in [0.3, 0.4) is 0 Å². The lowest BCUT2D eigenvalue weighted by Gasteiger charge is -1.92. The number of hydrogen-bond donors (Lipinski definition) is 1. The van der Waals surface area contributed by atoms with Crippen LogP contribution in [0.1, 0.15) is 24.4 Å². The number of fused-ring (bicyclic) bond motifs is 1. The number of aliphatic hydroxyl groups excluding tert-OH is 1. The van der Waals surface area contributed by atoms with Crippen molar-refractivity contribution in [3.05, 3.63) is 28.8 Å². The largest absolute Gasteiger partial charge is 0.392 e. The number of aliphatic hydroxyl groups is 1. The van der Waals surface area contributed by atoms with Crippen LogP contribution >= 0.6 is 11.3 Å². The second-order valence-electron chi connectivity index (χ2n) is 2.69. The Balaban J connectivity index is 0.000000461. The first-order chi connectivity index (χ1) is 6.79. The number of rotatable bonds is 1. The zero-order valence-corrected chi connectivity index (χ0v) is 9.56. The molecule has 14 heavy (non-hydrogen) atoms. The third kappa shape index (κ3) is 2.30. The van der Waals surface area contributed by atoms with E-state index in [4.69, 9.17) is 5.11 Å². The molecule has 3 heteroatoms. The van der Waals surface area contributed by atoms with Gasteiger partial charge in [-0.25, -0.2) is 4.98 Å². The van der Waals surface area contributed by atoms with E-state index in [1.165, 1.54) is 0 Å². The van der Waals surface area contributed by atoms with Crippen LogP contribution < -0.4 is 0 Å². The molecule has 0 radical (unpaired) electrons. The van der Waals surface area contributed by atoms with Crippen molar-refractivity contribution in [3.63, 3.8) is 0 Å². The topological polar surface area (TPSA) is 33.1 Å². The monoisotopic (exact) mass is 209 g/mol. The molecule has 1 heterocycles. The van der Waals surface area contributed by atoms with E-state index in [1.807, 2.05) is 39.0 Å². The summed E-state index contributed by atoms with van der Waals surface area (Å²) in [5.74, 6) is 0. The van der Waals surface area contributed by atoms with Gasteiger partial charge in [-0.05, 0) is 24.6 Å². The summed E-state index contributed by atoms with van der Waals surface area (Å²) in [6, 6.07) is 5.84. The Morgan fingerprint density at radius 3 is 2.71 bits per heavy atom. The fourth-order valence-corrected chi connectivity index (χ4v) is 2.07. The zero-order valence-electron chi connectivity index (χ0n) is 8.74. The van der Waals surface area contributed by atoms with Gasteiger partial charge in [-0.2, -0.15) is 0 Å². The third-order valence-electron chi connectivity index (χ3n) is 1.74. The number of nitrogens with zero attached hydrogens (tertiary/aromatic N) is 1. The molecule has 0 unspecified atom stereocenters. The summed E-state index contributed by atoms with van der Waals surface area (Å²) in [6.45, 7) is 6.09. The van der Waals surface area contributed by atoms with Crippen LogP contribution in [0.2, 0.25) is 0 Å². The van der Waals surface area contributed by atoms with E-state index in [2.05, 4.69) is 4.98 Å². The van der Waals surface area contributed by atoms with Gasteiger partial charge in [-0.1, -0.05) is 19.9 Å². The summed E-state index contributed by atoms with van der Waals surface area (Å²) in [5.41, 5.74) is 1.97. The van der Waals surface area contributed by atoms with Gasteiger partial charge < -0.3 is 5.11 Å². The van der Waals surface area contributed by atoms with Crippen molar-refractivity contribution in [2.75, 3.05) is 0 Å². The first-order valence-electron chi connectivity index (χ1n) is 4.76. The fourth-order valence-electron chi connectivity index (χ4n) is 1.18.